The van der Waals surface area contributed by atoms with Gasteiger partial charge in [-0.15, -0.1) is 0 Å². The number of rotatable bonds is 8. The Hall–Kier alpha value is -2.62. The summed E-state index contributed by atoms with van der Waals surface area (Å²) in [6, 6.07) is 11.3. The van der Waals surface area contributed by atoms with Crippen molar-refractivity contribution in [2.45, 2.75) is 26.8 Å². The summed E-state index contributed by atoms with van der Waals surface area (Å²) in [5.74, 6) is -0.451. The second-order valence-corrected chi connectivity index (χ2v) is 7.74. The molecule has 154 valence electrons. The summed E-state index contributed by atoms with van der Waals surface area (Å²) in [4.78, 5) is 24.9. The maximum absolute atomic E-state index is 12.5. The number of aromatic hydroxyl groups is 1. The molecular weight excluding hydrogens is 485 g/mol. The third kappa shape index (κ3) is 6.45. The Morgan fingerprint density at radius 3 is 2.55 bits per heavy atom. The van der Waals surface area contributed by atoms with E-state index in [1.165, 1.54) is 6.21 Å². The van der Waals surface area contributed by atoms with Gasteiger partial charge in [-0.2, -0.15) is 5.10 Å². The lowest BCUT2D eigenvalue weighted by Crippen LogP contribution is -2.48. The van der Waals surface area contributed by atoms with E-state index < -0.39 is 11.9 Å². The Kier molecular flexibility index (Phi) is 8.44. The number of carbonyl (C=O) groups is 2. The summed E-state index contributed by atoms with van der Waals surface area (Å²) < 4.78 is 6.00. The molecule has 8 heteroatoms. The van der Waals surface area contributed by atoms with E-state index in [0.29, 0.717) is 27.1 Å². The highest BCUT2D eigenvalue weighted by atomic mass is 127. The third-order valence-corrected chi connectivity index (χ3v) is 4.83. The number of hydrogen-bond acceptors (Lipinski definition) is 5. The van der Waals surface area contributed by atoms with Gasteiger partial charge >= 0.3 is 0 Å². The fraction of sp³-hybridized carbons (Fsp3) is 0.286. The van der Waals surface area contributed by atoms with E-state index >= 15 is 0 Å². The molecule has 1 atom stereocenters. The number of phenolic OH excluding ortho intramolecular Hbond substituents is 1. The van der Waals surface area contributed by atoms with Crippen LogP contribution in [0.1, 0.15) is 36.7 Å². The highest BCUT2D eigenvalue weighted by Gasteiger charge is 2.24. The summed E-state index contributed by atoms with van der Waals surface area (Å²) in [6.45, 7) is 5.92. The minimum absolute atomic E-state index is 0.0668. The van der Waals surface area contributed by atoms with Crippen molar-refractivity contribution in [1.82, 2.24) is 10.7 Å². The van der Waals surface area contributed by atoms with Gasteiger partial charge in [0.15, 0.2) is 11.5 Å². The highest BCUT2D eigenvalue weighted by Crippen LogP contribution is 2.32. The molecule has 1 unspecified atom stereocenters. The number of ether oxygens (including phenoxy) is 1. The Morgan fingerprint density at radius 2 is 1.93 bits per heavy atom. The van der Waals surface area contributed by atoms with Crippen molar-refractivity contribution in [3.63, 3.8) is 0 Å². The molecule has 2 aromatic rings. The molecule has 0 saturated heterocycles. The molecule has 0 aromatic heterocycles. The Bertz CT molecular complexity index is 885. The maximum atomic E-state index is 12.5. The van der Waals surface area contributed by atoms with E-state index in [4.69, 9.17) is 4.74 Å². The van der Waals surface area contributed by atoms with Crippen LogP contribution >= 0.6 is 22.6 Å². The molecule has 2 amide bonds. The van der Waals surface area contributed by atoms with Gasteiger partial charge in [0.2, 0.25) is 0 Å². The second kappa shape index (κ2) is 10.8. The first kappa shape index (κ1) is 22.7. The van der Waals surface area contributed by atoms with Gasteiger partial charge in [0.05, 0.1) is 16.4 Å². The van der Waals surface area contributed by atoms with Gasteiger partial charge < -0.3 is 15.2 Å². The average Bonchev–Trinajstić information content (AvgIpc) is 2.70. The molecule has 29 heavy (non-hydrogen) atoms. The molecule has 0 aliphatic heterocycles. The molecule has 2 aromatic carbocycles. The largest absolute Gasteiger partial charge is 0.504 e. The van der Waals surface area contributed by atoms with Gasteiger partial charge in [0.25, 0.3) is 11.8 Å². The van der Waals surface area contributed by atoms with Gasteiger partial charge in [0, 0.05) is 5.56 Å². The van der Waals surface area contributed by atoms with Crippen LogP contribution in [0.3, 0.4) is 0 Å². The molecule has 3 N–H and O–H groups in total. The van der Waals surface area contributed by atoms with E-state index in [1.807, 2.05) is 49.4 Å². The van der Waals surface area contributed by atoms with Crippen LogP contribution in [0, 0.1) is 9.49 Å². The van der Waals surface area contributed by atoms with Gasteiger partial charge in [0.1, 0.15) is 6.04 Å². The van der Waals surface area contributed by atoms with Gasteiger partial charge in [-0.05, 0) is 65.3 Å². The first-order valence-corrected chi connectivity index (χ1v) is 10.3. The number of hydrogen-bond donors (Lipinski definition) is 3. The van der Waals surface area contributed by atoms with Crippen LogP contribution in [0.4, 0.5) is 0 Å². The number of halogens is 1. The topological polar surface area (TPSA) is 100 Å². The smallest absolute Gasteiger partial charge is 0.262 e. The molecule has 0 fully saturated rings. The van der Waals surface area contributed by atoms with Crippen molar-refractivity contribution in [3.05, 3.63) is 57.2 Å². The molecule has 0 aliphatic carbocycles. The zero-order chi connectivity index (χ0) is 21.4. The third-order valence-electron chi connectivity index (χ3n) is 4.01. The number of nitrogens with one attached hydrogen (secondary N) is 2. The van der Waals surface area contributed by atoms with Crippen molar-refractivity contribution < 1.29 is 19.4 Å². The molecule has 0 saturated carbocycles. The standard InChI is InChI=1S/C21H24IN3O4/c1-4-29-17-11-14(10-16(22)19(17)26)12-23-25-21(28)18(13(2)3)24-20(27)15-8-6-5-7-9-15/h5-13,18,26H,4H2,1-3H3,(H,24,27)(H,25,28)/b23-12+. The zero-order valence-corrected chi connectivity index (χ0v) is 18.6. The van der Waals surface area contributed by atoms with Crippen LogP contribution in [-0.2, 0) is 4.79 Å². The molecule has 0 spiro atoms. The molecule has 0 radical (unpaired) electrons. The number of carbonyl (C=O) groups excluding carboxylic acids is 2. The van der Waals surface area contributed by atoms with Crippen molar-refractivity contribution in [1.29, 1.82) is 0 Å². The summed E-state index contributed by atoms with van der Waals surface area (Å²) in [5, 5.41) is 16.7. The summed E-state index contributed by atoms with van der Waals surface area (Å²) in [6.07, 6.45) is 1.46. The lowest BCUT2D eigenvalue weighted by atomic mass is 10.0. The highest BCUT2D eigenvalue weighted by molar-refractivity contribution is 14.1. The Morgan fingerprint density at radius 1 is 1.24 bits per heavy atom. The lowest BCUT2D eigenvalue weighted by Gasteiger charge is -2.20. The van der Waals surface area contributed by atoms with Crippen LogP contribution < -0.4 is 15.5 Å². The molecule has 2 rings (SSSR count). The minimum Gasteiger partial charge on any atom is -0.504 e. The summed E-state index contributed by atoms with van der Waals surface area (Å²) in [5.41, 5.74) is 3.61. The number of amides is 2. The van der Waals surface area contributed by atoms with Gasteiger partial charge in [-0.3, -0.25) is 9.59 Å². The number of benzene rings is 2. The van der Waals surface area contributed by atoms with E-state index in [2.05, 4.69) is 15.8 Å². The van der Waals surface area contributed by atoms with Gasteiger partial charge in [-0.1, -0.05) is 32.0 Å². The predicted molar refractivity (Wildman–Crippen MR) is 120 cm³/mol. The van der Waals surface area contributed by atoms with Crippen LogP contribution in [0.2, 0.25) is 0 Å². The number of nitrogens with zero attached hydrogens (tertiary/aromatic N) is 1. The molecule has 0 bridgehead atoms. The van der Waals surface area contributed by atoms with Crippen LogP contribution in [0.15, 0.2) is 47.6 Å². The first-order chi connectivity index (χ1) is 13.8. The average molecular weight is 509 g/mol. The SMILES string of the molecule is CCOc1cc(/C=N/NC(=O)C(NC(=O)c2ccccc2)C(C)C)cc(I)c1O. The molecular formula is C21H24IN3O4. The van der Waals surface area contributed by atoms with Crippen molar-refractivity contribution >= 4 is 40.6 Å². The predicted octanol–water partition coefficient (Wildman–Crippen LogP) is 3.30. The van der Waals surface area contributed by atoms with Crippen molar-refractivity contribution in [2.75, 3.05) is 6.61 Å². The molecule has 7 nitrogen and oxygen atoms in total. The van der Waals surface area contributed by atoms with E-state index in [-0.39, 0.29) is 17.6 Å². The van der Waals surface area contributed by atoms with E-state index in [0.717, 1.165) is 0 Å². The Labute approximate surface area is 183 Å². The number of phenols is 1. The normalized spacial score (nSPS) is 12.0. The monoisotopic (exact) mass is 509 g/mol. The maximum Gasteiger partial charge on any atom is 0.262 e. The first-order valence-electron chi connectivity index (χ1n) is 9.17. The van der Waals surface area contributed by atoms with E-state index in [9.17, 15) is 14.7 Å². The van der Waals surface area contributed by atoms with Crippen LogP contribution in [0.25, 0.3) is 0 Å². The zero-order valence-electron chi connectivity index (χ0n) is 16.5. The summed E-state index contributed by atoms with van der Waals surface area (Å²) >= 11 is 1.99. The van der Waals surface area contributed by atoms with Crippen molar-refractivity contribution in [2.24, 2.45) is 11.0 Å². The van der Waals surface area contributed by atoms with E-state index in [1.54, 1.807) is 36.4 Å². The fourth-order valence-electron chi connectivity index (χ4n) is 2.52. The number of hydrazone groups is 1. The molecule has 0 aliphatic rings. The lowest BCUT2D eigenvalue weighted by molar-refractivity contribution is -0.123. The quantitative estimate of drug-likeness (QED) is 0.289. The fourth-order valence-corrected chi connectivity index (χ4v) is 3.15. The minimum atomic E-state index is -0.737. The Balaban J connectivity index is 2.06. The second-order valence-electron chi connectivity index (χ2n) is 6.58. The summed E-state index contributed by atoms with van der Waals surface area (Å²) in [7, 11) is 0. The van der Waals surface area contributed by atoms with Gasteiger partial charge in [-0.25, -0.2) is 5.43 Å². The van der Waals surface area contributed by atoms with Crippen LogP contribution in [0.5, 0.6) is 11.5 Å². The molecule has 0 heterocycles. The van der Waals surface area contributed by atoms with Crippen LogP contribution in [-0.4, -0.2) is 35.8 Å². The van der Waals surface area contributed by atoms with Crippen molar-refractivity contribution in [3.8, 4) is 11.5 Å².